The summed E-state index contributed by atoms with van der Waals surface area (Å²) < 4.78 is 0. The summed E-state index contributed by atoms with van der Waals surface area (Å²) in [6.45, 7) is 2.40. The molecule has 0 N–H and O–H groups in total. The first kappa shape index (κ1) is 38.4. The number of rotatable bonds is 8. The molecule has 0 amide bonds. The fourth-order valence-corrected chi connectivity index (χ4v) is 10.7. The van der Waals surface area contributed by atoms with Gasteiger partial charge in [-0.3, -0.25) is 0 Å². The van der Waals surface area contributed by atoms with Crippen molar-refractivity contribution in [2.45, 2.75) is 12.3 Å². The summed E-state index contributed by atoms with van der Waals surface area (Å²) in [5.41, 5.74) is 19.0. The molecule has 1 heteroatoms. The number of anilines is 3. The zero-order valence-electron chi connectivity index (χ0n) is 36.2. The van der Waals surface area contributed by atoms with E-state index >= 15 is 0 Å². The average Bonchev–Trinajstić information content (AvgIpc) is 3.66. The molecule has 1 nitrogen and oxygen atoms in total. The van der Waals surface area contributed by atoms with Crippen LogP contribution in [0, 0.1) is 0 Å². The molecule has 1 aliphatic carbocycles. The number of hydrogen-bond donors (Lipinski definition) is 0. The van der Waals surface area contributed by atoms with E-state index in [0.717, 1.165) is 17.1 Å². The first-order chi connectivity index (χ1) is 32.2. The highest BCUT2D eigenvalue weighted by Gasteiger charge is 2.42. The molecule has 1 atom stereocenters. The maximum Gasteiger partial charge on any atom is 0.0543 e. The Bertz CT molecular complexity index is 3530. The third kappa shape index (κ3) is 6.31. The van der Waals surface area contributed by atoms with Crippen molar-refractivity contribution in [1.29, 1.82) is 0 Å². The molecule has 0 saturated heterocycles. The summed E-state index contributed by atoms with van der Waals surface area (Å²) in [7, 11) is 0. The standard InChI is InChI=1S/C64H45N/c1-64(48-30-15-6-16-31-48)58-35-20-19-34-55(58)63-59(64)36-21-37-60(63)65(49-38-40-51(44-22-7-2-8-23-44)56(42-49)45-24-9-3-10-25-45)50-39-41-53-52-32-17-18-33-54(52)61(46-26-11-4-12-27-46)62(57(53)43-50)47-28-13-5-14-29-47/h2-43H,1H3. The van der Waals surface area contributed by atoms with Gasteiger partial charge >= 0.3 is 0 Å². The van der Waals surface area contributed by atoms with Crippen molar-refractivity contribution < 1.29 is 0 Å². The molecule has 1 aliphatic rings. The Morgan fingerprint density at radius 2 is 0.769 bits per heavy atom. The van der Waals surface area contributed by atoms with E-state index in [-0.39, 0.29) is 5.41 Å². The van der Waals surface area contributed by atoms with Crippen molar-refractivity contribution in [2.24, 2.45) is 0 Å². The van der Waals surface area contributed by atoms with E-state index in [4.69, 9.17) is 0 Å². The summed E-state index contributed by atoms with van der Waals surface area (Å²) in [6, 6.07) is 93.7. The molecule has 0 radical (unpaired) electrons. The van der Waals surface area contributed by atoms with Gasteiger partial charge < -0.3 is 4.90 Å². The second kappa shape index (κ2) is 15.8. The van der Waals surface area contributed by atoms with E-state index in [1.165, 1.54) is 93.9 Å². The minimum Gasteiger partial charge on any atom is -0.310 e. The van der Waals surface area contributed by atoms with Gasteiger partial charge in [0.15, 0.2) is 0 Å². The van der Waals surface area contributed by atoms with Gasteiger partial charge in [0, 0.05) is 22.4 Å². The molecule has 0 bridgehead atoms. The molecular formula is C64H45N. The van der Waals surface area contributed by atoms with E-state index in [9.17, 15) is 0 Å². The lowest BCUT2D eigenvalue weighted by Crippen LogP contribution is -2.22. The average molecular weight is 828 g/mol. The topological polar surface area (TPSA) is 3.24 Å². The Morgan fingerprint density at radius 3 is 1.43 bits per heavy atom. The fourth-order valence-electron chi connectivity index (χ4n) is 10.7. The van der Waals surface area contributed by atoms with Crippen LogP contribution >= 0.6 is 0 Å². The summed E-state index contributed by atoms with van der Waals surface area (Å²) in [4.78, 5) is 2.53. The van der Waals surface area contributed by atoms with Gasteiger partial charge in [-0.2, -0.15) is 0 Å². The van der Waals surface area contributed by atoms with Gasteiger partial charge in [-0.05, 0) is 126 Å². The Balaban J connectivity index is 1.19. The zero-order chi connectivity index (χ0) is 43.3. The molecule has 306 valence electrons. The van der Waals surface area contributed by atoms with Crippen molar-refractivity contribution in [3.05, 3.63) is 271 Å². The number of benzene rings is 11. The predicted molar refractivity (Wildman–Crippen MR) is 275 cm³/mol. The predicted octanol–water partition coefficient (Wildman–Crippen LogP) is 17.5. The number of nitrogens with zero attached hydrogens (tertiary/aromatic N) is 1. The summed E-state index contributed by atoms with van der Waals surface area (Å²) in [5, 5.41) is 4.93. The van der Waals surface area contributed by atoms with Gasteiger partial charge in [0.1, 0.15) is 0 Å². The molecule has 0 saturated carbocycles. The fraction of sp³-hybridized carbons (Fsp3) is 0.0312. The molecule has 0 aromatic heterocycles. The maximum atomic E-state index is 2.53. The second-order valence-corrected chi connectivity index (χ2v) is 17.3. The molecule has 11 aromatic carbocycles. The van der Waals surface area contributed by atoms with E-state index in [2.05, 4.69) is 267 Å². The van der Waals surface area contributed by atoms with Gasteiger partial charge in [-0.15, -0.1) is 0 Å². The van der Waals surface area contributed by atoms with Crippen LogP contribution in [0.3, 0.4) is 0 Å². The molecule has 0 spiro atoms. The molecule has 0 aliphatic heterocycles. The van der Waals surface area contributed by atoms with E-state index in [1.54, 1.807) is 0 Å². The molecule has 11 aromatic rings. The van der Waals surface area contributed by atoms with Gasteiger partial charge in [0.05, 0.1) is 5.69 Å². The lowest BCUT2D eigenvalue weighted by Gasteiger charge is -2.31. The normalized spacial score (nSPS) is 14.0. The lowest BCUT2D eigenvalue weighted by atomic mass is 9.74. The Morgan fingerprint density at radius 1 is 0.292 bits per heavy atom. The van der Waals surface area contributed by atoms with Crippen LogP contribution in [0.2, 0.25) is 0 Å². The zero-order valence-corrected chi connectivity index (χ0v) is 36.2. The Hall–Kier alpha value is -8.26. The van der Waals surface area contributed by atoms with Crippen molar-refractivity contribution in [1.82, 2.24) is 0 Å². The monoisotopic (exact) mass is 827 g/mol. The van der Waals surface area contributed by atoms with Crippen molar-refractivity contribution >= 4 is 38.6 Å². The van der Waals surface area contributed by atoms with E-state index in [1.807, 2.05) is 0 Å². The minimum absolute atomic E-state index is 0.353. The number of fused-ring (bicyclic) bond motifs is 6. The van der Waals surface area contributed by atoms with Crippen LogP contribution in [-0.2, 0) is 5.41 Å². The summed E-state index contributed by atoms with van der Waals surface area (Å²) in [5.74, 6) is 0. The Kier molecular flexibility index (Phi) is 9.35. The SMILES string of the molecule is CC1(c2ccccc2)c2ccccc2-c2c(N(c3ccc(-c4ccccc4)c(-c4ccccc4)c3)c3ccc4c(c3)c(-c3ccccc3)c(-c3ccccc3)c3ccccc34)cccc21. The third-order valence-electron chi connectivity index (χ3n) is 13.7. The highest BCUT2D eigenvalue weighted by molar-refractivity contribution is 6.22. The van der Waals surface area contributed by atoms with Crippen LogP contribution in [0.15, 0.2) is 255 Å². The van der Waals surface area contributed by atoms with Crippen LogP contribution in [0.5, 0.6) is 0 Å². The first-order valence-corrected chi connectivity index (χ1v) is 22.6. The van der Waals surface area contributed by atoms with E-state index in [0.29, 0.717) is 0 Å². The van der Waals surface area contributed by atoms with Crippen LogP contribution < -0.4 is 4.90 Å². The minimum atomic E-state index is -0.353. The van der Waals surface area contributed by atoms with Gasteiger partial charge in [0.2, 0.25) is 0 Å². The van der Waals surface area contributed by atoms with Crippen molar-refractivity contribution in [3.63, 3.8) is 0 Å². The molecular weight excluding hydrogens is 783 g/mol. The lowest BCUT2D eigenvalue weighted by molar-refractivity contribution is 0.714. The quantitative estimate of drug-likeness (QED) is 0.138. The highest BCUT2D eigenvalue weighted by atomic mass is 15.1. The smallest absolute Gasteiger partial charge is 0.0543 e. The molecule has 0 fully saturated rings. The van der Waals surface area contributed by atoms with Crippen LogP contribution in [-0.4, -0.2) is 0 Å². The summed E-state index contributed by atoms with van der Waals surface area (Å²) >= 11 is 0. The largest absolute Gasteiger partial charge is 0.310 e. The van der Waals surface area contributed by atoms with E-state index < -0.39 is 0 Å². The van der Waals surface area contributed by atoms with Gasteiger partial charge in [0.25, 0.3) is 0 Å². The molecule has 1 unspecified atom stereocenters. The second-order valence-electron chi connectivity index (χ2n) is 17.3. The van der Waals surface area contributed by atoms with Crippen LogP contribution in [0.4, 0.5) is 17.1 Å². The molecule has 12 rings (SSSR count). The molecule has 65 heavy (non-hydrogen) atoms. The maximum absolute atomic E-state index is 2.53. The Labute approximate surface area is 381 Å². The van der Waals surface area contributed by atoms with Gasteiger partial charge in [-0.25, -0.2) is 0 Å². The summed E-state index contributed by atoms with van der Waals surface area (Å²) in [6.07, 6.45) is 0. The highest BCUT2D eigenvalue weighted by Crippen LogP contribution is 2.57. The van der Waals surface area contributed by atoms with Crippen molar-refractivity contribution in [2.75, 3.05) is 4.90 Å². The first-order valence-electron chi connectivity index (χ1n) is 22.6. The van der Waals surface area contributed by atoms with Gasteiger partial charge in [-0.1, -0.05) is 224 Å². The molecule has 0 heterocycles. The number of hydrogen-bond acceptors (Lipinski definition) is 1. The van der Waals surface area contributed by atoms with Crippen LogP contribution in [0.25, 0.3) is 77.2 Å². The third-order valence-corrected chi connectivity index (χ3v) is 13.7. The van der Waals surface area contributed by atoms with Crippen molar-refractivity contribution in [3.8, 4) is 55.6 Å². The van der Waals surface area contributed by atoms with Crippen LogP contribution in [0.1, 0.15) is 23.6 Å².